The van der Waals surface area contributed by atoms with Gasteiger partial charge in [-0.3, -0.25) is 4.79 Å². The molecule has 1 saturated carbocycles. The number of amides is 1. The number of nitrogens with one attached hydrogen (secondary N) is 1. The van der Waals surface area contributed by atoms with E-state index < -0.39 is 0 Å². The van der Waals surface area contributed by atoms with E-state index in [-0.39, 0.29) is 11.4 Å². The zero-order valence-electron chi connectivity index (χ0n) is 9.88. The molecule has 0 aromatic carbocycles. The fourth-order valence-corrected chi connectivity index (χ4v) is 1.91. The fraction of sp³-hybridized carbons (Fsp3) is 0.909. The summed E-state index contributed by atoms with van der Waals surface area (Å²) in [6.07, 6.45) is 3.39. The molecule has 4 nitrogen and oxygen atoms in total. The van der Waals surface area contributed by atoms with Crippen LogP contribution in [0.3, 0.4) is 0 Å². The number of carbonyl (C=O) groups is 1. The summed E-state index contributed by atoms with van der Waals surface area (Å²) >= 11 is 0. The second kappa shape index (κ2) is 5.47. The number of hydrogen-bond donors (Lipinski definition) is 2. The summed E-state index contributed by atoms with van der Waals surface area (Å²) in [4.78, 5) is 13.5. The van der Waals surface area contributed by atoms with Gasteiger partial charge >= 0.3 is 0 Å². The number of likely N-dealkylation sites (N-methyl/N-ethyl adjacent to an activating group) is 1. The maximum atomic E-state index is 11.6. The van der Waals surface area contributed by atoms with Crippen LogP contribution in [0, 0.1) is 0 Å². The third kappa shape index (κ3) is 3.47. The molecule has 1 rings (SSSR count). The summed E-state index contributed by atoms with van der Waals surface area (Å²) in [5.74, 6) is 0.169. The van der Waals surface area contributed by atoms with Gasteiger partial charge in [-0.25, -0.2) is 0 Å². The Morgan fingerprint density at radius 2 is 2.00 bits per heavy atom. The molecule has 3 N–H and O–H groups in total. The highest BCUT2D eigenvalue weighted by Crippen LogP contribution is 2.27. The summed E-state index contributed by atoms with van der Waals surface area (Å²) in [6, 6.07) is 0. The Kier molecular flexibility index (Phi) is 4.54. The topological polar surface area (TPSA) is 58.4 Å². The zero-order valence-corrected chi connectivity index (χ0v) is 9.88. The van der Waals surface area contributed by atoms with Gasteiger partial charge in [0, 0.05) is 25.2 Å². The van der Waals surface area contributed by atoms with Crippen LogP contribution < -0.4 is 11.1 Å². The molecule has 0 bridgehead atoms. The van der Waals surface area contributed by atoms with Crippen LogP contribution in [0.2, 0.25) is 0 Å². The van der Waals surface area contributed by atoms with E-state index in [1.807, 2.05) is 18.7 Å². The fourth-order valence-electron chi connectivity index (χ4n) is 1.91. The zero-order chi connectivity index (χ0) is 11.3. The van der Waals surface area contributed by atoms with Crippen molar-refractivity contribution in [1.29, 1.82) is 0 Å². The molecule has 0 saturated heterocycles. The van der Waals surface area contributed by atoms with Gasteiger partial charge in [0.1, 0.15) is 0 Å². The average molecular weight is 213 g/mol. The van der Waals surface area contributed by atoms with Gasteiger partial charge in [-0.05, 0) is 33.1 Å². The van der Waals surface area contributed by atoms with Crippen molar-refractivity contribution in [1.82, 2.24) is 10.2 Å². The normalized spacial score (nSPS) is 18.3. The quantitative estimate of drug-likeness (QED) is 0.668. The molecule has 88 valence electrons. The molecule has 1 aliphatic rings. The van der Waals surface area contributed by atoms with Crippen molar-refractivity contribution < 1.29 is 4.79 Å². The molecule has 0 aliphatic heterocycles. The van der Waals surface area contributed by atoms with E-state index in [1.165, 1.54) is 6.42 Å². The number of nitrogens with two attached hydrogens (primary N) is 1. The van der Waals surface area contributed by atoms with Crippen molar-refractivity contribution >= 4 is 5.91 Å². The van der Waals surface area contributed by atoms with E-state index in [2.05, 4.69) is 5.32 Å². The Morgan fingerprint density at radius 3 is 2.40 bits per heavy atom. The minimum absolute atomic E-state index is 0.0382. The van der Waals surface area contributed by atoms with E-state index in [9.17, 15) is 4.79 Å². The van der Waals surface area contributed by atoms with Crippen molar-refractivity contribution in [2.75, 3.05) is 26.2 Å². The minimum Gasteiger partial charge on any atom is -0.342 e. The predicted octanol–water partition coefficient (Wildman–Crippen LogP) is 0.326. The minimum atomic E-state index is -0.0382. The Morgan fingerprint density at radius 1 is 1.40 bits per heavy atom. The van der Waals surface area contributed by atoms with Crippen LogP contribution in [0.15, 0.2) is 0 Å². The third-order valence-electron chi connectivity index (χ3n) is 3.22. The van der Waals surface area contributed by atoms with Crippen LogP contribution in [0.1, 0.15) is 33.1 Å². The lowest BCUT2D eigenvalue weighted by Crippen LogP contribution is -2.55. The number of nitrogens with zero attached hydrogens (tertiary/aromatic N) is 1. The van der Waals surface area contributed by atoms with Gasteiger partial charge in [0.05, 0.1) is 6.54 Å². The summed E-state index contributed by atoms with van der Waals surface area (Å²) in [7, 11) is 0. The van der Waals surface area contributed by atoms with E-state index in [4.69, 9.17) is 5.73 Å². The average Bonchev–Trinajstić information content (AvgIpc) is 2.17. The summed E-state index contributed by atoms with van der Waals surface area (Å²) in [5, 5.41) is 3.16. The molecule has 0 atom stereocenters. The van der Waals surface area contributed by atoms with Gasteiger partial charge < -0.3 is 16.0 Å². The molecule has 0 unspecified atom stereocenters. The van der Waals surface area contributed by atoms with E-state index in [1.54, 1.807) is 0 Å². The molecule has 1 fully saturated rings. The first-order valence-corrected chi connectivity index (χ1v) is 5.88. The highest BCUT2D eigenvalue weighted by Gasteiger charge is 2.31. The lowest BCUT2D eigenvalue weighted by molar-refractivity contribution is -0.129. The van der Waals surface area contributed by atoms with Crippen LogP contribution in [0.25, 0.3) is 0 Å². The van der Waals surface area contributed by atoms with Crippen LogP contribution in [0.4, 0.5) is 0 Å². The molecule has 0 spiro atoms. The first-order valence-electron chi connectivity index (χ1n) is 5.88. The molecule has 1 aliphatic carbocycles. The maximum Gasteiger partial charge on any atom is 0.236 e. The number of hydrogen-bond acceptors (Lipinski definition) is 3. The molecule has 0 aromatic heterocycles. The lowest BCUT2D eigenvalue weighted by Gasteiger charge is -2.38. The first kappa shape index (κ1) is 12.5. The van der Waals surface area contributed by atoms with E-state index >= 15 is 0 Å². The second-order valence-electron chi connectivity index (χ2n) is 4.39. The molecule has 4 heteroatoms. The van der Waals surface area contributed by atoms with E-state index in [0.717, 1.165) is 32.5 Å². The van der Waals surface area contributed by atoms with Crippen molar-refractivity contribution in [2.45, 2.75) is 38.6 Å². The molecular weight excluding hydrogens is 190 g/mol. The molecule has 0 heterocycles. The molecule has 1 amide bonds. The molecular formula is C11H23N3O. The van der Waals surface area contributed by atoms with Crippen LogP contribution in [0.5, 0.6) is 0 Å². The molecule has 0 radical (unpaired) electrons. The smallest absolute Gasteiger partial charge is 0.236 e. The summed E-state index contributed by atoms with van der Waals surface area (Å²) in [5.41, 5.74) is 6.00. The second-order valence-corrected chi connectivity index (χ2v) is 4.39. The van der Waals surface area contributed by atoms with E-state index in [0.29, 0.717) is 6.54 Å². The SMILES string of the molecule is CCN(CC)C(=O)CNCC1(N)CCC1. The highest BCUT2D eigenvalue weighted by molar-refractivity contribution is 5.78. The van der Waals surface area contributed by atoms with Crippen LogP contribution in [-0.4, -0.2) is 42.5 Å². The highest BCUT2D eigenvalue weighted by atomic mass is 16.2. The summed E-state index contributed by atoms with van der Waals surface area (Å²) in [6.45, 7) is 6.74. The molecule has 15 heavy (non-hydrogen) atoms. The van der Waals surface area contributed by atoms with Crippen molar-refractivity contribution in [3.63, 3.8) is 0 Å². The monoisotopic (exact) mass is 213 g/mol. The Balaban J connectivity index is 2.16. The molecule has 0 aromatic rings. The first-order chi connectivity index (χ1) is 7.11. The van der Waals surface area contributed by atoms with Crippen LogP contribution in [-0.2, 0) is 4.79 Å². The van der Waals surface area contributed by atoms with Gasteiger partial charge in [0.2, 0.25) is 5.91 Å². The largest absolute Gasteiger partial charge is 0.342 e. The van der Waals surface area contributed by atoms with Gasteiger partial charge in [-0.15, -0.1) is 0 Å². The third-order valence-corrected chi connectivity index (χ3v) is 3.22. The van der Waals surface area contributed by atoms with Crippen molar-refractivity contribution in [3.05, 3.63) is 0 Å². The summed E-state index contributed by atoms with van der Waals surface area (Å²) < 4.78 is 0. The van der Waals surface area contributed by atoms with Crippen molar-refractivity contribution in [3.8, 4) is 0 Å². The maximum absolute atomic E-state index is 11.6. The number of rotatable bonds is 6. The van der Waals surface area contributed by atoms with Gasteiger partial charge in [-0.1, -0.05) is 0 Å². The Bertz CT molecular complexity index is 210. The van der Waals surface area contributed by atoms with Gasteiger partial charge in [0.25, 0.3) is 0 Å². The number of carbonyl (C=O) groups excluding carboxylic acids is 1. The predicted molar refractivity (Wildman–Crippen MR) is 61.6 cm³/mol. The lowest BCUT2D eigenvalue weighted by atomic mass is 9.78. The Labute approximate surface area is 92.2 Å². The Hall–Kier alpha value is -0.610. The van der Waals surface area contributed by atoms with Crippen molar-refractivity contribution in [2.24, 2.45) is 5.73 Å². The van der Waals surface area contributed by atoms with Gasteiger partial charge in [-0.2, -0.15) is 0 Å². The standard InChI is InChI=1S/C11H23N3O/c1-3-14(4-2)10(15)8-13-9-11(12)6-5-7-11/h13H,3-9,12H2,1-2H3. The van der Waals surface area contributed by atoms with Gasteiger partial charge in [0.15, 0.2) is 0 Å². The van der Waals surface area contributed by atoms with Crippen LogP contribution >= 0.6 is 0 Å².